The van der Waals surface area contributed by atoms with Crippen LogP contribution < -0.4 is 0 Å². The molecule has 2 atom stereocenters. The first-order valence-electron chi connectivity index (χ1n) is 7.56. The zero-order valence-corrected chi connectivity index (χ0v) is 14.7. The van der Waals surface area contributed by atoms with Crippen molar-refractivity contribution in [1.29, 1.82) is 0 Å². The van der Waals surface area contributed by atoms with Crippen molar-refractivity contribution in [3.05, 3.63) is 24.3 Å². The number of hydrogen-bond donors (Lipinski definition) is 4. The quantitative estimate of drug-likeness (QED) is 0.508. The Morgan fingerprint density at radius 3 is 1.13 bits per heavy atom. The Morgan fingerprint density at radius 2 is 1.04 bits per heavy atom. The number of hydrogen-bond acceptors (Lipinski definition) is 4. The van der Waals surface area contributed by atoms with Crippen molar-refractivity contribution < 1.29 is 30.0 Å². The summed E-state index contributed by atoms with van der Waals surface area (Å²) in [7, 11) is 0. The molecule has 0 saturated heterocycles. The number of aliphatic hydroxyl groups is 2. The first-order valence-corrected chi connectivity index (χ1v) is 7.56. The lowest BCUT2D eigenvalue weighted by atomic mass is 9.92. The van der Waals surface area contributed by atoms with Gasteiger partial charge in [0.05, 0.1) is 0 Å². The van der Waals surface area contributed by atoms with Crippen molar-refractivity contribution >= 4 is 11.9 Å². The van der Waals surface area contributed by atoms with E-state index < -0.39 is 11.9 Å². The summed E-state index contributed by atoms with van der Waals surface area (Å²) in [6.07, 6.45) is 2.97. The van der Waals surface area contributed by atoms with Crippen LogP contribution in [0, 0.1) is 11.8 Å². The minimum Gasteiger partial charge on any atom is -0.478 e. The summed E-state index contributed by atoms with van der Waals surface area (Å²) in [5, 5.41) is 33.6. The average molecular weight is 332 g/mol. The van der Waals surface area contributed by atoms with Gasteiger partial charge in [0.15, 0.2) is 0 Å². The number of rotatable bonds is 8. The second-order valence-electron chi connectivity index (χ2n) is 5.32. The molecule has 23 heavy (non-hydrogen) atoms. The Balaban J connectivity index is -0.000000284. The lowest BCUT2D eigenvalue weighted by molar-refractivity contribution is -0.133. The van der Waals surface area contributed by atoms with Crippen molar-refractivity contribution in [1.82, 2.24) is 0 Å². The molecule has 0 rings (SSSR count). The SMILES string of the molecule is C=C(C)C(=O)O.C=C(C)C(=O)O.CCC(CO)CC(CC)CO. The molecule has 0 bridgehead atoms. The maximum atomic E-state index is 9.60. The first-order chi connectivity index (χ1) is 10.6. The molecule has 0 spiro atoms. The minimum absolute atomic E-state index is 0.176. The van der Waals surface area contributed by atoms with Crippen LogP contribution in [-0.2, 0) is 9.59 Å². The molecule has 0 fully saturated rings. The predicted molar refractivity (Wildman–Crippen MR) is 91.3 cm³/mol. The standard InChI is InChI=1S/C9H20O2.2C4H6O2/c1-3-8(6-10)5-9(4-2)7-11;2*1-3(2)4(5)6/h8-11H,3-7H2,1-2H3;2*1H2,2H3,(H,5,6). The third-order valence-electron chi connectivity index (χ3n) is 3.07. The largest absolute Gasteiger partial charge is 0.478 e. The van der Waals surface area contributed by atoms with Crippen LogP contribution in [0.1, 0.15) is 47.0 Å². The highest BCUT2D eigenvalue weighted by Gasteiger charge is 2.11. The predicted octanol–water partition coefficient (Wildman–Crippen LogP) is 2.71. The minimum atomic E-state index is -0.935. The van der Waals surface area contributed by atoms with E-state index in [0.717, 1.165) is 19.3 Å². The van der Waals surface area contributed by atoms with Gasteiger partial charge in [-0.2, -0.15) is 0 Å². The van der Waals surface area contributed by atoms with Crippen LogP contribution in [0.2, 0.25) is 0 Å². The average Bonchev–Trinajstić information content (AvgIpc) is 2.49. The highest BCUT2D eigenvalue weighted by atomic mass is 16.4. The second kappa shape index (κ2) is 16.7. The zero-order chi connectivity index (χ0) is 19.0. The van der Waals surface area contributed by atoms with E-state index in [1.165, 1.54) is 13.8 Å². The van der Waals surface area contributed by atoms with Crippen LogP contribution in [0.4, 0.5) is 0 Å². The van der Waals surface area contributed by atoms with Crippen LogP contribution in [0.15, 0.2) is 24.3 Å². The van der Waals surface area contributed by atoms with Gasteiger partial charge in [-0.1, -0.05) is 39.8 Å². The van der Waals surface area contributed by atoms with Gasteiger partial charge in [0.1, 0.15) is 0 Å². The molecule has 6 heteroatoms. The molecule has 2 unspecified atom stereocenters. The summed E-state index contributed by atoms with van der Waals surface area (Å²) >= 11 is 0. The van der Waals surface area contributed by atoms with E-state index in [1.807, 2.05) is 0 Å². The normalized spacial score (nSPS) is 11.7. The monoisotopic (exact) mass is 332 g/mol. The third-order valence-corrected chi connectivity index (χ3v) is 3.07. The summed E-state index contributed by atoms with van der Waals surface area (Å²) < 4.78 is 0. The summed E-state index contributed by atoms with van der Waals surface area (Å²) in [5.41, 5.74) is 0.352. The summed E-state index contributed by atoms with van der Waals surface area (Å²) in [4.78, 5) is 19.2. The van der Waals surface area contributed by atoms with E-state index in [0.29, 0.717) is 11.8 Å². The molecule has 136 valence electrons. The van der Waals surface area contributed by atoms with E-state index >= 15 is 0 Å². The number of carboxylic acids is 2. The summed E-state index contributed by atoms with van der Waals surface area (Å²) in [6.45, 7) is 13.9. The van der Waals surface area contributed by atoms with Gasteiger partial charge in [-0.3, -0.25) is 0 Å². The number of carbonyl (C=O) groups is 2. The summed E-state index contributed by atoms with van der Waals surface area (Å²) in [6, 6.07) is 0. The number of aliphatic hydroxyl groups excluding tert-OH is 2. The van der Waals surface area contributed by atoms with Crippen LogP contribution in [0.3, 0.4) is 0 Å². The molecule has 4 N–H and O–H groups in total. The molecule has 0 aromatic rings. The molecule has 0 aromatic heterocycles. The van der Waals surface area contributed by atoms with Crippen molar-refractivity contribution in [2.45, 2.75) is 47.0 Å². The molecule has 0 amide bonds. The van der Waals surface area contributed by atoms with E-state index in [2.05, 4.69) is 27.0 Å². The maximum Gasteiger partial charge on any atom is 0.330 e. The molecule has 0 aliphatic carbocycles. The van der Waals surface area contributed by atoms with Gasteiger partial charge in [-0.25, -0.2) is 9.59 Å². The Kier molecular flexibility index (Phi) is 19.1. The molecule has 0 aliphatic heterocycles. The number of carboxylic acid groups (broad SMARTS) is 2. The van der Waals surface area contributed by atoms with Gasteiger partial charge in [0.2, 0.25) is 0 Å². The van der Waals surface area contributed by atoms with Crippen LogP contribution in [0.5, 0.6) is 0 Å². The molecule has 6 nitrogen and oxygen atoms in total. The van der Waals surface area contributed by atoms with Gasteiger partial charge in [0.25, 0.3) is 0 Å². The highest BCUT2D eigenvalue weighted by molar-refractivity contribution is 5.85. The summed E-state index contributed by atoms with van der Waals surface area (Å²) in [5.74, 6) is -1.11. The fraction of sp³-hybridized carbons (Fsp3) is 0.647. The Morgan fingerprint density at radius 1 is 0.826 bits per heavy atom. The zero-order valence-electron chi connectivity index (χ0n) is 14.7. The molecule has 0 heterocycles. The Hall–Kier alpha value is -1.66. The number of aliphatic carboxylic acids is 2. The lowest BCUT2D eigenvalue weighted by Crippen LogP contribution is -2.14. The van der Waals surface area contributed by atoms with Crippen molar-refractivity contribution in [2.75, 3.05) is 13.2 Å². The molecular weight excluding hydrogens is 300 g/mol. The van der Waals surface area contributed by atoms with Crippen LogP contribution in [0.25, 0.3) is 0 Å². The third kappa shape index (κ3) is 20.3. The topological polar surface area (TPSA) is 115 Å². The maximum absolute atomic E-state index is 9.60. The van der Waals surface area contributed by atoms with Gasteiger partial charge < -0.3 is 20.4 Å². The molecule has 0 aromatic carbocycles. The van der Waals surface area contributed by atoms with Crippen molar-refractivity contribution in [3.63, 3.8) is 0 Å². The fourth-order valence-corrected chi connectivity index (χ4v) is 1.21. The van der Waals surface area contributed by atoms with Crippen molar-refractivity contribution in [3.8, 4) is 0 Å². The molecular formula is C17H32O6. The van der Waals surface area contributed by atoms with Gasteiger partial charge in [-0.15, -0.1) is 0 Å². The Bertz CT molecular complexity index is 296. The molecule has 0 aliphatic rings. The smallest absolute Gasteiger partial charge is 0.330 e. The van der Waals surface area contributed by atoms with Gasteiger partial charge in [-0.05, 0) is 32.1 Å². The van der Waals surface area contributed by atoms with Crippen LogP contribution >= 0.6 is 0 Å². The van der Waals surface area contributed by atoms with E-state index in [1.54, 1.807) is 0 Å². The van der Waals surface area contributed by atoms with Gasteiger partial charge in [0, 0.05) is 24.4 Å². The molecule has 0 saturated carbocycles. The first kappa shape index (κ1) is 26.2. The second-order valence-corrected chi connectivity index (χ2v) is 5.32. The van der Waals surface area contributed by atoms with Crippen LogP contribution in [-0.4, -0.2) is 45.6 Å². The van der Waals surface area contributed by atoms with E-state index in [-0.39, 0.29) is 24.4 Å². The Labute approximate surface area is 139 Å². The molecule has 0 radical (unpaired) electrons. The van der Waals surface area contributed by atoms with E-state index in [4.69, 9.17) is 20.4 Å². The van der Waals surface area contributed by atoms with Crippen molar-refractivity contribution in [2.24, 2.45) is 11.8 Å². The van der Waals surface area contributed by atoms with E-state index in [9.17, 15) is 9.59 Å². The lowest BCUT2D eigenvalue weighted by Gasteiger charge is -2.17. The van der Waals surface area contributed by atoms with Gasteiger partial charge >= 0.3 is 11.9 Å². The fourth-order valence-electron chi connectivity index (χ4n) is 1.21. The highest BCUT2D eigenvalue weighted by Crippen LogP contribution is 2.17.